The van der Waals surface area contributed by atoms with E-state index in [1.54, 1.807) is 12.1 Å². The van der Waals surface area contributed by atoms with Gasteiger partial charge in [-0.25, -0.2) is 4.39 Å². The Labute approximate surface area is 108 Å². The number of hydrogen-bond donors (Lipinski definition) is 0. The van der Waals surface area contributed by atoms with Crippen LogP contribution in [0.5, 0.6) is 0 Å². The van der Waals surface area contributed by atoms with E-state index in [-0.39, 0.29) is 5.82 Å². The maximum Gasteiger partial charge on any atom is 0.147 e. The summed E-state index contributed by atoms with van der Waals surface area (Å²) in [5.74, 6) is -0.318. The Morgan fingerprint density at radius 1 is 1.22 bits per heavy atom. The van der Waals surface area contributed by atoms with Crippen LogP contribution < -0.4 is 4.90 Å². The molecule has 0 aliphatic heterocycles. The first kappa shape index (κ1) is 14.5. The maximum absolute atomic E-state index is 13.9. The molecule has 0 saturated heterocycles. The van der Waals surface area contributed by atoms with Crippen molar-refractivity contribution in [2.24, 2.45) is 0 Å². The lowest BCUT2D eigenvalue weighted by Gasteiger charge is -2.26. The molecule has 0 bridgehead atoms. The summed E-state index contributed by atoms with van der Waals surface area (Å²) in [5.41, 5.74) is 0.943. The second-order valence-corrected chi connectivity index (χ2v) is 4.57. The summed E-state index contributed by atoms with van der Waals surface area (Å²) in [4.78, 5) is 4.10. The van der Waals surface area contributed by atoms with Crippen LogP contribution in [-0.4, -0.2) is 38.6 Å². The van der Waals surface area contributed by atoms with Crippen molar-refractivity contribution in [1.82, 2.24) is 4.90 Å². The van der Waals surface area contributed by atoms with E-state index < -0.39 is 0 Å². The highest BCUT2D eigenvalue weighted by Gasteiger charge is 2.11. The summed E-state index contributed by atoms with van der Waals surface area (Å²) in [6.45, 7) is 4.55. The monoisotopic (exact) mass is 249 g/mol. The first-order valence-electron chi connectivity index (χ1n) is 6.17. The minimum absolute atomic E-state index is 0.318. The van der Waals surface area contributed by atoms with Gasteiger partial charge in [-0.3, -0.25) is 0 Å². The van der Waals surface area contributed by atoms with Crippen LogP contribution in [0.15, 0.2) is 18.2 Å². The summed E-state index contributed by atoms with van der Waals surface area (Å²) in [5, 5.41) is 8.73. The number of nitriles is 1. The Bertz CT molecular complexity index is 424. The quantitative estimate of drug-likeness (QED) is 0.776. The SMILES string of the molecule is CCCN(CCN(C)C)c1ccc(C#N)cc1F. The molecule has 1 rings (SSSR count). The van der Waals surface area contributed by atoms with Gasteiger partial charge in [0.25, 0.3) is 0 Å². The van der Waals surface area contributed by atoms with Crippen LogP contribution >= 0.6 is 0 Å². The van der Waals surface area contributed by atoms with Crippen LogP contribution in [-0.2, 0) is 0 Å². The van der Waals surface area contributed by atoms with E-state index >= 15 is 0 Å². The van der Waals surface area contributed by atoms with Gasteiger partial charge in [0.2, 0.25) is 0 Å². The minimum Gasteiger partial charge on any atom is -0.368 e. The van der Waals surface area contributed by atoms with E-state index in [0.717, 1.165) is 26.1 Å². The molecule has 0 fully saturated rings. The molecule has 0 aromatic heterocycles. The lowest BCUT2D eigenvalue weighted by Crippen LogP contribution is -2.32. The lowest BCUT2D eigenvalue weighted by atomic mass is 10.2. The fourth-order valence-corrected chi connectivity index (χ4v) is 1.78. The van der Waals surface area contributed by atoms with Crippen LogP contribution in [0.1, 0.15) is 18.9 Å². The first-order valence-corrected chi connectivity index (χ1v) is 6.17. The maximum atomic E-state index is 13.9. The van der Waals surface area contributed by atoms with Gasteiger partial charge in [-0.1, -0.05) is 6.92 Å². The van der Waals surface area contributed by atoms with Gasteiger partial charge in [-0.2, -0.15) is 5.26 Å². The Morgan fingerprint density at radius 3 is 2.44 bits per heavy atom. The lowest BCUT2D eigenvalue weighted by molar-refractivity contribution is 0.412. The molecule has 1 aromatic carbocycles. The molecule has 0 aliphatic rings. The molecule has 1 aromatic rings. The third kappa shape index (κ3) is 4.01. The van der Waals surface area contributed by atoms with Crippen molar-refractivity contribution >= 4 is 5.69 Å². The molecule has 18 heavy (non-hydrogen) atoms. The van der Waals surface area contributed by atoms with E-state index in [1.165, 1.54) is 6.07 Å². The topological polar surface area (TPSA) is 30.3 Å². The molecule has 0 aliphatic carbocycles. The Hall–Kier alpha value is -1.60. The predicted octanol–water partition coefficient (Wildman–Crippen LogP) is 2.48. The van der Waals surface area contributed by atoms with Gasteiger partial charge in [0, 0.05) is 19.6 Å². The number of rotatable bonds is 6. The van der Waals surface area contributed by atoms with Gasteiger partial charge >= 0.3 is 0 Å². The molecular weight excluding hydrogens is 229 g/mol. The molecule has 0 amide bonds. The Kier molecular flexibility index (Phi) is 5.60. The van der Waals surface area contributed by atoms with Gasteiger partial charge < -0.3 is 9.80 Å². The van der Waals surface area contributed by atoms with Crippen LogP contribution in [0.2, 0.25) is 0 Å². The van der Waals surface area contributed by atoms with E-state index in [1.807, 2.05) is 25.1 Å². The number of anilines is 1. The number of hydrogen-bond acceptors (Lipinski definition) is 3. The molecule has 0 heterocycles. The zero-order chi connectivity index (χ0) is 13.5. The van der Waals surface area contributed by atoms with Crippen molar-refractivity contribution in [2.75, 3.05) is 38.6 Å². The minimum atomic E-state index is -0.318. The van der Waals surface area contributed by atoms with Crippen LogP contribution in [0.3, 0.4) is 0 Å². The number of halogens is 1. The summed E-state index contributed by atoms with van der Waals surface area (Å²) < 4.78 is 13.9. The molecule has 0 radical (unpaired) electrons. The average Bonchev–Trinajstić information content (AvgIpc) is 2.34. The number of benzene rings is 1. The van der Waals surface area contributed by atoms with Crippen LogP contribution in [0.25, 0.3) is 0 Å². The van der Waals surface area contributed by atoms with E-state index in [9.17, 15) is 4.39 Å². The zero-order valence-electron chi connectivity index (χ0n) is 11.3. The van der Waals surface area contributed by atoms with E-state index in [0.29, 0.717) is 11.3 Å². The summed E-state index contributed by atoms with van der Waals surface area (Å²) in [6.07, 6.45) is 0.965. The fourth-order valence-electron chi connectivity index (χ4n) is 1.78. The Balaban J connectivity index is 2.88. The summed E-state index contributed by atoms with van der Waals surface area (Å²) in [6, 6.07) is 6.61. The predicted molar refractivity (Wildman–Crippen MR) is 72.2 cm³/mol. The third-order valence-electron chi connectivity index (χ3n) is 2.73. The van der Waals surface area contributed by atoms with Gasteiger partial charge in [0.1, 0.15) is 5.82 Å². The van der Waals surface area contributed by atoms with Crippen molar-refractivity contribution in [1.29, 1.82) is 5.26 Å². The van der Waals surface area contributed by atoms with Gasteiger partial charge in [0.05, 0.1) is 17.3 Å². The molecular formula is C14H20FN3. The fraction of sp³-hybridized carbons (Fsp3) is 0.500. The highest BCUT2D eigenvalue weighted by Crippen LogP contribution is 2.20. The Morgan fingerprint density at radius 2 is 1.94 bits per heavy atom. The molecule has 98 valence electrons. The largest absolute Gasteiger partial charge is 0.368 e. The number of nitrogens with zero attached hydrogens (tertiary/aromatic N) is 3. The van der Waals surface area contributed by atoms with Gasteiger partial charge in [-0.05, 0) is 38.7 Å². The second kappa shape index (κ2) is 6.97. The van der Waals surface area contributed by atoms with Crippen molar-refractivity contribution in [3.05, 3.63) is 29.6 Å². The molecule has 4 heteroatoms. The van der Waals surface area contributed by atoms with Gasteiger partial charge in [0.15, 0.2) is 0 Å². The molecule has 0 N–H and O–H groups in total. The van der Waals surface area contributed by atoms with Crippen LogP contribution in [0.4, 0.5) is 10.1 Å². The molecule has 0 atom stereocenters. The first-order chi connectivity index (χ1) is 8.58. The average molecular weight is 249 g/mol. The molecule has 0 saturated carbocycles. The zero-order valence-corrected chi connectivity index (χ0v) is 11.3. The standard InChI is InChI=1S/C14H20FN3/c1-4-7-18(9-8-17(2)3)14-6-5-12(11-16)10-13(14)15/h5-6,10H,4,7-9H2,1-3H3. The summed E-state index contributed by atoms with van der Waals surface area (Å²) in [7, 11) is 4.00. The van der Waals surface area contributed by atoms with Crippen molar-refractivity contribution in [2.45, 2.75) is 13.3 Å². The summed E-state index contributed by atoms with van der Waals surface area (Å²) >= 11 is 0. The third-order valence-corrected chi connectivity index (χ3v) is 2.73. The number of likely N-dealkylation sites (N-methyl/N-ethyl adjacent to an activating group) is 1. The smallest absolute Gasteiger partial charge is 0.147 e. The van der Waals surface area contributed by atoms with E-state index in [4.69, 9.17) is 5.26 Å². The van der Waals surface area contributed by atoms with Gasteiger partial charge in [-0.15, -0.1) is 0 Å². The highest BCUT2D eigenvalue weighted by molar-refractivity contribution is 5.51. The highest BCUT2D eigenvalue weighted by atomic mass is 19.1. The van der Waals surface area contributed by atoms with Crippen LogP contribution in [0, 0.1) is 17.1 Å². The van der Waals surface area contributed by atoms with Crippen molar-refractivity contribution in [3.63, 3.8) is 0 Å². The normalized spacial score (nSPS) is 10.4. The van der Waals surface area contributed by atoms with Crippen molar-refractivity contribution in [3.8, 4) is 6.07 Å². The molecule has 0 spiro atoms. The van der Waals surface area contributed by atoms with E-state index in [2.05, 4.69) is 11.8 Å². The second-order valence-electron chi connectivity index (χ2n) is 4.57. The molecule has 0 unspecified atom stereocenters. The van der Waals surface area contributed by atoms with Crippen molar-refractivity contribution < 1.29 is 4.39 Å². The molecule has 3 nitrogen and oxygen atoms in total.